The van der Waals surface area contributed by atoms with Crippen molar-refractivity contribution in [3.63, 3.8) is 0 Å². The van der Waals surface area contributed by atoms with Gasteiger partial charge in [-0.25, -0.2) is 0 Å². The van der Waals surface area contributed by atoms with Gasteiger partial charge in [0.2, 0.25) is 0 Å². The summed E-state index contributed by atoms with van der Waals surface area (Å²) in [6, 6.07) is 40.6. The molecule has 4 aliphatic rings. The standard InChI is InChI=1S/C43H33N/c1-42(2)36-13-5-7-15-38(36)43(39-16-8-6-14-37(39)42)35-23-22-30(25-34(35)41-31(26-44)11-9-17-40(41)43)29-21-20-28-19-18-27-10-3-4-12-32(27)33(28)24-29/h3-18,20-26,28,44H,19H2,1-2H3. The van der Waals surface area contributed by atoms with Crippen LogP contribution in [0.25, 0.3) is 28.3 Å². The highest BCUT2D eigenvalue weighted by Gasteiger charge is 2.53. The summed E-state index contributed by atoms with van der Waals surface area (Å²) in [4.78, 5) is 0. The Kier molecular flexibility index (Phi) is 5.21. The molecule has 1 nitrogen and oxygen atoms in total. The van der Waals surface area contributed by atoms with E-state index in [1.807, 2.05) is 0 Å². The molecule has 1 spiro atoms. The van der Waals surface area contributed by atoms with Crippen molar-refractivity contribution in [1.82, 2.24) is 0 Å². The van der Waals surface area contributed by atoms with Crippen LogP contribution in [0.2, 0.25) is 0 Å². The first-order chi connectivity index (χ1) is 21.5. The van der Waals surface area contributed by atoms with Crippen molar-refractivity contribution in [1.29, 1.82) is 5.41 Å². The van der Waals surface area contributed by atoms with E-state index in [0.717, 1.165) is 12.0 Å². The topological polar surface area (TPSA) is 23.9 Å². The Bertz CT molecular complexity index is 2210. The first kappa shape index (κ1) is 25.5. The van der Waals surface area contributed by atoms with Gasteiger partial charge in [0.05, 0.1) is 5.41 Å². The number of hydrogen-bond donors (Lipinski definition) is 1. The molecule has 5 aromatic rings. The molecule has 0 bridgehead atoms. The van der Waals surface area contributed by atoms with E-state index in [2.05, 4.69) is 147 Å². The lowest BCUT2D eigenvalue weighted by Crippen LogP contribution is -2.40. The van der Waals surface area contributed by atoms with Gasteiger partial charge >= 0.3 is 0 Å². The SMILES string of the molecule is CC1(C)c2ccccc2C2(c3ccc(C4=CC5=c6ccccc6=CCC5C=C4)cc3-c3c(C=N)cccc32)c2ccccc21. The Labute approximate surface area is 258 Å². The lowest BCUT2D eigenvalue weighted by molar-refractivity contribution is 0.563. The normalized spacial score (nSPS) is 19.0. The lowest BCUT2D eigenvalue weighted by Gasteiger charge is -2.46. The molecule has 9 rings (SSSR count). The minimum atomic E-state index is -0.445. The molecular weight excluding hydrogens is 530 g/mol. The van der Waals surface area contributed by atoms with Crippen LogP contribution >= 0.6 is 0 Å². The fourth-order valence-electron chi connectivity index (χ4n) is 8.79. The number of nitrogens with one attached hydrogen (secondary N) is 1. The Morgan fingerprint density at radius 3 is 2.14 bits per heavy atom. The third-order valence-corrected chi connectivity index (χ3v) is 10.8. The second kappa shape index (κ2) is 9.00. The van der Waals surface area contributed by atoms with E-state index in [0.29, 0.717) is 5.92 Å². The van der Waals surface area contributed by atoms with Gasteiger partial charge in [-0.1, -0.05) is 135 Å². The summed E-state index contributed by atoms with van der Waals surface area (Å²) in [6.45, 7) is 4.72. The molecule has 0 fully saturated rings. The zero-order chi connectivity index (χ0) is 29.6. The van der Waals surface area contributed by atoms with Gasteiger partial charge in [0.1, 0.15) is 0 Å². The molecule has 44 heavy (non-hydrogen) atoms. The zero-order valence-electron chi connectivity index (χ0n) is 25.1. The van der Waals surface area contributed by atoms with E-state index < -0.39 is 5.41 Å². The molecule has 1 unspecified atom stereocenters. The highest BCUT2D eigenvalue weighted by atomic mass is 14.5. The van der Waals surface area contributed by atoms with E-state index in [9.17, 15) is 0 Å². The maximum absolute atomic E-state index is 8.48. The van der Waals surface area contributed by atoms with Crippen molar-refractivity contribution in [2.45, 2.75) is 31.1 Å². The summed E-state index contributed by atoms with van der Waals surface area (Å²) in [5.74, 6) is 0.426. The lowest BCUT2D eigenvalue weighted by atomic mass is 9.55. The van der Waals surface area contributed by atoms with Gasteiger partial charge in [0, 0.05) is 23.1 Å². The van der Waals surface area contributed by atoms with E-state index in [1.54, 1.807) is 0 Å². The number of fused-ring (bicyclic) bond motifs is 11. The maximum atomic E-state index is 8.48. The van der Waals surface area contributed by atoms with Crippen LogP contribution < -0.4 is 10.4 Å². The molecule has 5 aromatic carbocycles. The molecule has 1 heteroatoms. The molecule has 0 aliphatic heterocycles. The fraction of sp³-hybridized carbons (Fsp3) is 0.140. The van der Waals surface area contributed by atoms with Crippen LogP contribution in [0.15, 0.2) is 127 Å². The molecular formula is C43H33N. The van der Waals surface area contributed by atoms with E-state index in [1.165, 1.54) is 77.9 Å². The molecule has 0 amide bonds. The predicted octanol–water partition coefficient (Wildman–Crippen LogP) is 8.29. The first-order valence-corrected chi connectivity index (χ1v) is 15.7. The van der Waals surface area contributed by atoms with Gasteiger partial charge < -0.3 is 5.41 Å². The Morgan fingerprint density at radius 2 is 1.39 bits per heavy atom. The highest BCUT2D eigenvalue weighted by Crippen LogP contribution is 2.62. The van der Waals surface area contributed by atoms with E-state index >= 15 is 0 Å². The molecule has 1 N–H and O–H groups in total. The number of benzene rings is 5. The summed E-state index contributed by atoms with van der Waals surface area (Å²) in [6.07, 6.45) is 12.1. The van der Waals surface area contributed by atoms with Gasteiger partial charge in [-0.15, -0.1) is 0 Å². The monoisotopic (exact) mass is 563 g/mol. The molecule has 0 heterocycles. The smallest absolute Gasteiger partial charge is 0.0719 e. The number of allylic oxidation sites excluding steroid dienone is 4. The largest absolute Gasteiger partial charge is 0.308 e. The Hall–Kier alpha value is -5.01. The van der Waals surface area contributed by atoms with Crippen LogP contribution in [-0.4, -0.2) is 6.21 Å². The molecule has 0 saturated carbocycles. The van der Waals surface area contributed by atoms with E-state index in [-0.39, 0.29) is 5.41 Å². The van der Waals surface area contributed by atoms with Crippen LogP contribution in [0.1, 0.15) is 64.8 Å². The van der Waals surface area contributed by atoms with Crippen molar-refractivity contribution in [2.75, 3.05) is 0 Å². The first-order valence-electron chi connectivity index (χ1n) is 15.7. The number of rotatable bonds is 2. The van der Waals surface area contributed by atoms with Gasteiger partial charge in [0.25, 0.3) is 0 Å². The Balaban J connectivity index is 1.35. The van der Waals surface area contributed by atoms with E-state index in [4.69, 9.17) is 5.41 Å². The summed E-state index contributed by atoms with van der Waals surface area (Å²) >= 11 is 0. The minimum Gasteiger partial charge on any atom is -0.308 e. The third kappa shape index (κ3) is 3.17. The summed E-state index contributed by atoms with van der Waals surface area (Å²) in [5.41, 5.74) is 14.7. The predicted molar refractivity (Wildman–Crippen MR) is 183 cm³/mol. The summed E-state index contributed by atoms with van der Waals surface area (Å²) in [5, 5.41) is 11.2. The van der Waals surface area contributed by atoms with Crippen molar-refractivity contribution in [3.8, 4) is 11.1 Å². The quantitative estimate of drug-likeness (QED) is 0.205. The average Bonchev–Trinajstić information content (AvgIpc) is 3.38. The summed E-state index contributed by atoms with van der Waals surface area (Å²) < 4.78 is 0. The minimum absolute atomic E-state index is 0.125. The number of hydrogen-bond acceptors (Lipinski definition) is 1. The van der Waals surface area contributed by atoms with Crippen LogP contribution in [0, 0.1) is 11.3 Å². The van der Waals surface area contributed by atoms with Crippen LogP contribution in [-0.2, 0) is 10.8 Å². The van der Waals surface area contributed by atoms with Gasteiger partial charge in [-0.3, -0.25) is 0 Å². The van der Waals surface area contributed by atoms with Crippen LogP contribution in [0.5, 0.6) is 0 Å². The summed E-state index contributed by atoms with van der Waals surface area (Å²) in [7, 11) is 0. The second-order valence-electron chi connectivity index (χ2n) is 13.2. The molecule has 4 aliphatic carbocycles. The van der Waals surface area contributed by atoms with Gasteiger partial charge in [-0.05, 0) is 90.2 Å². The Morgan fingerprint density at radius 1 is 0.705 bits per heavy atom. The highest BCUT2D eigenvalue weighted by molar-refractivity contribution is 5.99. The van der Waals surface area contributed by atoms with Crippen LogP contribution in [0.3, 0.4) is 0 Å². The average molecular weight is 564 g/mol. The zero-order valence-corrected chi connectivity index (χ0v) is 25.1. The van der Waals surface area contributed by atoms with Crippen molar-refractivity contribution in [3.05, 3.63) is 182 Å². The van der Waals surface area contributed by atoms with Gasteiger partial charge in [-0.2, -0.15) is 0 Å². The van der Waals surface area contributed by atoms with Crippen molar-refractivity contribution < 1.29 is 0 Å². The van der Waals surface area contributed by atoms with Crippen molar-refractivity contribution >= 4 is 23.4 Å². The molecule has 0 radical (unpaired) electrons. The molecule has 0 saturated heterocycles. The third-order valence-electron chi connectivity index (χ3n) is 10.8. The fourth-order valence-corrected chi connectivity index (χ4v) is 8.79. The maximum Gasteiger partial charge on any atom is 0.0719 e. The molecule has 1 atom stereocenters. The second-order valence-corrected chi connectivity index (χ2v) is 13.2. The van der Waals surface area contributed by atoms with Crippen LogP contribution in [0.4, 0.5) is 0 Å². The molecule has 210 valence electrons. The van der Waals surface area contributed by atoms with Gasteiger partial charge in [0.15, 0.2) is 0 Å². The molecule has 0 aromatic heterocycles. The van der Waals surface area contributed by atoms with Crippen molar-refractivity contribution in [2.24, 2.45) is 5.92 Å².